The van der Waals surface area contributed by atoms with Crippen molar-refractivity contribution in [1.82, 2.24) is 34.5 Å². The molecule has 0 spiro atoms. The van der Waals surface area contributed by atoms with E-state index in [1.54, 1.807) is 35.5 Å². The third-order valence-electron chi connectivity index (χ3n) is 6.29. The number of hydrogen-bond donors (Lipinski definition) is 0. The van der Waals surface area contributed by atoms with E-state index in [0.717, 1.165) is 69.3 Å². The number of rotatable bonds is 5. The van der Waals surface area contributed by atoms with E-state index in [0.29, 0.717) is 6.54 Å². The average molecular weight is 433 g/mol. The molecule has 0 bridgehead atoms. The lowest BCUT2D eigenvalue weighted by Crippen LogP contribution is -2.48. The highest BCUT2D eigenvalue weighted by atomic mass is 16.1. The molecule has 0 saturated carbocycles. The molecule has 32 heavy (non-hydrogen) atoms. The van der Waals surface area contributed by atoms with Gasteiger partial charge in [-0.05, 0) is 25.2 Å². The largest absolute Gasteiger partial charge is 0.354 e. The van der Waals surface area contributed by atoms with E-state index in [1.807, 2.05) is 12.1 Å². The normalized spacial score (nSPS) is 17.3. The second-order valence-electron chi connectivity index (χ2n) is 8.46. The minimum Gasteiger partial charge on any atom is -0.354 e. The molecule has 0 atom stereocenters. The molecular weight excluding hydrogens is 404 g/mol. The van der Waals surface area contributed by atoms with Crippen LogP contribution in [0.15, 0.2) is 47.8 Å². The van der Waals surface area contributed by atoms with Gasteiger partial charge in [0.2, 0.25) is 0 Å². The number of hydrogen-bond acceptors (Lipinski definition) is 8. The molecular formula is C23H28N8O. The summed E-state index contributed by atoms with van der Waals surface area (Å²) in [5.41, 5.74) is 4.06. The topological polar surface area (TPSA) is 83.3 Å². The quantitative estimate of drug-likeness (QED) is 0.588. The maximum absolute atomic E-state index is 12.3. The van der Waals surface area contributed by atoms with E-state index >= 15 is 0 Å². The maximum atomic E-state index is 12.3. The summed E-state index contributed by atoms with van der Waals surface area (Å²) in [6.07, 6.45) is 6.19. The number of likely N-dealkylation sites (N-methyl/N-ethyl adjacent to an activating group) is 1. The van der Waals surface area contributed by atoms with Gasteiger partial charge in [-0.3, -0.25) is 14.7 Å². The third-order valence-corrected chi connectivity index (χ3v) is 6.29. The molecule has 5 heterocycles. The number of anilines is 1. The number of piperazine rings is 1. The molecule has 0 aliphatic carbocycles. The Balaban J connectivity index is 1.21. The fraction of sp³-hybridized carbons (Fsp3) is 0.435. The summed E-state index contributed by atoms with van der Waals surface area (Å²) in [7, 11) is 2.15. The first-order chi connectivity index (χ1) is 15.7. The average Bonchev–Trinajstić information content (AvgIpc) is 2.84. The summed E-state index contributed by atoms with van der Waals surface area (Å²) < 4.78 is 1.56. The second-order valence-corrected chi connectivity index (χ2v) is 8.46. The first-order valence-corrected chi connectivity index (χ1v) is 11.1. The van der Waals surface area contributed by atoms with Crippen LogP contribution in [0, 0.1) is 0 Å². The van der Waals surface area contributed by atoms with E-state index in [1.165, 1.54) is 11.3 Å². The summed E-state index contributed by atoms with van der Waals surface area (Å²) >= 11 is 0. The van der Waals surface area contributed by atoms with E-state index in [2.05, 4.69) is 41.8 Å². The van der Waals surface area contributed by atoms with Crippen LogP contribution in [-0.2, 0) is 19.5 Å². The Kier molecular flexibility index (Phi) is 5.91. The van der Waals surface area contributed by atoms with Gasteiger partial charge in [0.15, 0.2) is 0 Å². The van der Waals surface area contributed by atoms with Crippen LogP contribution < -0.4 is 10.5 Å². The van der Waals surface area contributed by atoms with E-state index in [9.17, 15) is 4.79 Å². The minimum atomic E-state index is -0.0759. The van der Waals surface area contributed by atoms with Crippen LogP contribution in [-0.4, -0.2) is 80.8 Å². The Morgan fingerprint density at radius 2 is 1.88 bits per heavy atom. The number of fused-ring (bicyclic) bond motifs is 1. The summed E-state index contributed by atoms with van der Waals surface area (Å²) in [6, 6.07) is 7.17. The Morgan fingerprint density at radius 3 is 2.69 bits per heavy atom. The lowest BCUT2D eigenvalue weighted by Gasteiger charge is -2.37. The smallest absolute Gasteiger partial charge is 0.266 e. The van der Waals surface area contributed by atoms with Crippen molar-refractivity contribution in [3.05, 3.63) is 64.6 Å². The van der Waals surface area contributed by atoms with Crippen LogP contribution in [0.25, 0.3) is 11.3 Å². The molecule has 1 fully saturated rings. The maximum Gasteiger partial charge on any atom is 0.266 e. The molecule has 0 unspecified atom stereocenters. The zero-order valence-corrected chi connectivity index (χ0v) is 18.4. The van der Waals surface area contributed by atoms with Crippen molar-refractivity contribution in [1.29, 1.82) is 0 Å². The van der Waals surface area contributed by atoms with Crippen molar-refractivity contribution in [3.63, 3.8) is 0 Å². The van der Waals surface area contributed by atoms with Gasteiger partial charge in [-0.25, -0.2) is 14.6 Å². The number of nitrogens with zero attached hydrogens (tertiary/aromatic N) is 8. The van der Waals surface area contributed by atoms with Crippen LogP contribution in [0.5, 0.6) is 0 Å². The highest BCUT2D eigenvalue weighted by molar-refractivity contribution is 5.56. The molecule has 2 aliphatic heterocycles. The lowest BCUT2D eigenvalue weighted by molar-refractivity contribution is 0.241. The van der Waals surface area contributed by atoms with Crippen molar-refractivity contribution in [3.8, 4) is 11.3 Å². The van der Waals surface area contributed by atoms with Gasteiger partial charge in [-0.1, -0.05) is 0 Å². The molecule has 0 aromatic carbocycles. The van der Waals surface area contributed by atoms with E-state index < -0.39 is 0 Å². The first kappa shape index (κ1) is 20.7. The van der Waals surface area contributed by atoms with Crippen LogP contribution in [0.2, 0.25) is 0 Å². The molecule has 0 N–H and O–H groups in total. The Hall–Kier alpha value is -3.17. The predicted octanol–water partition coefficient (Wildman–Crippen LogP) is 0.905. The molecule has 0 radical (unpaired) electrons. The molecule has 9 heteroatoms. The van der Waals surface area contributed by atoms with Crippen molar-refractivity contribution in [2.24, 2.45) is 0 Å². The third kappa shape index (κ3) is 4.39. The van der Waals surface area contributed by atoms with Gasteiger partial charge in [-0.15, -0.1) is 0 Å². The van der Waals surface area contributed by atoms with Gasteiger partial charge in [0.1, 0.15) is 12.1 Å². The van der Waals surface area contributed by atoms with Gasteiger partial charge in [0, 0.05) is 81.8 Å². The second kappa shape index (κ2) is 9.13. The van der Waals surface area contributed by atoms with Crippen LogP contribution in [0.4, 0.5) is 5.82 Å². The Labute approximate surface area is 187 Å². The van der Waals surface area contributed by atoms with Crippen molar-refractivity contribution in [2.75, 3.05) is 51.2 Å². The molecule has 5 rings (SSSR count). The number of pyridine rings is 1. The summed E-state index contributed by atoms with van der Waals surface area (Å²) in [4.78, 5) is 32.7. The van der Waals surface area contributed by atoms with Crippen LogP contribution >= 0.6 is 0 Å². The number of aromatic nitrogens is 5. The Bertz CT molecular complexity index is 1120. The minimum absolute atomic E-state index is 0.0759. The predicted molar refractivity (Wildman–Crippen MR) is 122 cm³/mol. The fourth-order valence-corrected chi connectivity index (χ4v) is 4.43. The molecule has 0 amide bonds. The first-order valence-electron chi connectivity index (χ1n) is 11.1. The van der Waals surface area contributed by atoms with Crippen molar-refractivity contribution >= 4 is 5.82 Å². The van der Waals surface area contributed by atoms with Gasteiger partial charge >= 0.3 is 0 Å². The molecule has 9 nitrogen and oxygen atoms in total. The standard InChI is InChI=1S/C23H28N8O/c1-28-8-6-21-19(16-28)23(26-17-25-21)30-12-9-29(10-13-30)11-14-31-22(32)5-4-20(27-31)18-3-2-7-24-15-18/h2-5,7,15,17H,6,8-14,16H2,1H3. The lowest BCUT2D eigenvalue weighted by atomic mass is 10.1. The van der Waals surface area contributed by atoms with E-state index in [-0.39, 0.29) is 5.56 Å². The van der Waals surface area contributed by atoms with Gasteiger partial charge in [0.25, 0.3) is 5.56 Å². The highest BCUT2D eigenvalue weighted by Gasteiger charge is 2.24. The SMILES string of the molecule is CN1CCc2ncnc(N3CCN(CCn4nc(-c5cccnc5)ccc4=O)CC3)c2C1. The van der Waals surface area contributed by atoms with Gasteiger partial charge in [-0.2, -0.15) is 5.10 Å². The van der Waals surface area contributed by atoms with Gasteiger partial charge < -0.3 is 9.80 Å². The Morgan fingerprint density at radius 1 is 1.00 bits per heavy atom. The van der Waals surface area contributed by atoms with Crippen molar-refractivity contribution in [2.45, 2.75) is 19.5 Å². The molecule has 1 saturated heterocycles. The molecule has 166 valence electrons. The monoisotopic (exact) mass is 432 g/mol. The molecule has 3 aromatic heterocycles. The van der Waals surface area contributed by atoms with Gasteiger partial charge in [0.05, 0.1) is 17.9 Å². The molecule has 3 aromatic rings. The molecule has 2 aliphatic rings. The highest BCUT2D eigenvalue weighted by Crippen LogP contribution is 2.25. The van der Waals surface area contributed by atoms with E-state index in [4.69, 9.17) is 0 Å². The fourth-order valence-electron chi connectivity index (χ4n) is 4.43. The summed E-state index contributed by atoms with van der Waals surface area (Å²) in [5.74, 6) is 1.09. The van der Waals surface area contributed by atoms with Crippen molar-refractivity contribution < 1.29 is 0 Å². The summed E-state index contributed by atoms with van der Waals surface area (Å²) in [5, 5.41) is 4.55. The zero-order chi connectivity index (χ0) is 21.9. The van der Waals surface area contributed by atoms with Crippen LogP contribution in [0.3, 0.4) is 0 Å². The summed E-state index contributed by atoms with van der Waals surface area (Å²) in [6.45, 7) is 7.04. The zero-order valence-electron chi connectivity index (χ0n) is 18.4. The van der Waals surface area contributed by atoms with Crippen LogP contribution in [0.1, 0.15) is 11.3 Å².